The van der Waals surface area contributed by atoms with E-state index in [1.165, 1.54) is 0 Å². The summed E-state index contributed by atoms with van der Waals surface area (Å²) in [6.07, 6.45) is 7.45. The van der Waals surface area contributed by atoms with Crippen molar-refractivity contribution in [2.45, 2.75) is 65.2 Å². The van der Waals surface area contributed by atoms with Gasteiger partial charge in [-0.2, -0.15) is 0 Å². The Morgan fingerprint density at radius 2 is 1.12 bits per heavy atom. The van der Waals surface area contributed by atoms with Gasteiger partial charge in [0.2, 0.25) is 0 Å². The van der Waals surface area contributed by atoms with Gasteiger partial charge in [-0.1, -0.05) is 51.7 Å². The molecule has 2 aromatic carbocycles. The minimum atomic E-state index is -0.0608. The fourth-order valence-corrected chi connectivity index (χ4v) is 3.40. The van der Waals surface area contributed by atoms with E-state index >= 15 is 0 Å². The van der Waals surface area contributed by atoms with E-state index in [0.717, 1.165) is 38.5 Å². The third-order valence-corrected chi connectivity index (χ3v) is 4.88. The highest BCUT2D eigenvalue weighted by atomic mass is 16.6. The van der Waals surface area contributed by atoms with Gasteiger partial charge >= 0.3 is 0 Å². The van der Waals surface area contributed by atoms with Crippen molar-refractivity contribution < 1.29 is 19.7 Å². The van der Waals surface area contributed by atoms with E-state index in [9.17, 15) is 10.2 Å². The van der Waals surface area contributed by atoms with Gasteiger partial charge in [-0.3, -0.25) is 0 Å². The topological polar surface area (TPSA) is 58.9 Å². The zero-order chi connectivity index (χ0) is 18.5. The Balaban J connectivity index is 2.04. The molecular formula is C22H28O4. The fourth-order valence-electron chi connectivity index (χ4n) is 3.40. The Hall–Kier alpha value is -2.36. The van der Waals surface area contributed by atoms with Crippen molar-refractivity contribution in [3.8, 4) is 34.5 Å². The molecule has 140 valence electrons. The van der Waals surface area contributed by atoms with Gasteiger partial charge in [-0.05, 0) is 37.8 Å². The van der Waals surface area contributed by atoms with Crippen LogP contribution in [0.2, 0.25) is 0 Å². The highest BCUT2D eigenvalue weighted by Crippen LogP contribution is 2.55. The molecule has 0 unspecified atom stereocenters. The van der Waals surface area contributed by atoms with Crippen LogP contribution in [-0.2, 0) is 12.8 Å². The second-order valence-electron chi connectivity index (χ2n) is 6.88. The number of para-hydroxylation sites is 2. The monoisotopic (exact) mass is 356 g/mol. The highest BCUT2D eigenvalue weighted by Gasteiger charge is 2.30. The molecule has 0 aromatic heterocycles. The molecular weight excluding hydrogens is 328 g/mol. The standard InChI is InChI=1S/C22H28O4/c1-3-5-7-11-15-19(23)20(24)16(12-8-6-4-2)22-21(15)25-17-13-9-10-14-18(17)26-22/h9-10,13-14,23-24H,3-8,11-12H2,1-2H3. The van der Waals surface area contributed by atoms with E-state index in [0.29, 0.717) is 47.0 Å². The molecule has 4 heteroatoms. The van der Waals surface area contributed by atoms with E-state index in [1.807, 2.05) is 24.3 Å². The molecule has 1 aliphatic heterocycles. The Labute approximate surface area is 155 Å². The normalized spacial score (nSPS) is 12.1. The quantitative estimate of drug-likeness (QED) is 0.359. The van der Waals surface area contributed by atoms with Crippen LogP contribution in [0.5, 0.6) is 34.5 Å². The first-order chi connectivity index (χ1) is 12.7. The first-order valence-electron chi connectivity index (χ1n) is 9.71. The predicted octanol–water partition coefficient (Wildman–Crippen LogP) is 6.46. The average Bonchev–Trinajstić information content (AvgIpc) is 2.66. The van der Waals surface area contributed by atoms with Crippen molar-refractivity contribution >= 4 is 0 Å². The van der Waals surface area contributed by atoms with Crippen molar-refractivity contribution in [1.29, 1.82) is 0 Å². The molecule has 26 heavy (non-hydrogen) atoms. The zero-order valence-electron chi connectivity index (χ0n) is 15.7. The SMILES string of the molecule is CCCCCc1c(O)c(O)c(CCCCC)c2c1Oc1ccccc1O2. The molecule has 0 saturated heterocycles. The van der Waals surface area contributed by atoms with Crippen LogP contribution in [0.25, 0.3) is 0 Å². The summed E-state index contributed by atoms with van der Waals surface area (Å²) in [7, 11) is 0. The second-order valence-corrected chi connectivity index (χ2v) is 6.88. The smallest absolute Gasteiger partial charge is 0.177 e. The summed E-state index contributed by atoms with van der Waals surface area (Å²) in [4.78, 5) is 0. The summed E-state index contributed by atoms with van der Waals surface area (Å²) in [5.41, 5.74) is 1.28. The molecule has 0 spiro atoms. The first kappa shape index (κ1) is 18.4. The number of ether oxygens (including phenoxy) is 2. The zero-order valence-corrected chi connectivity index (χ0v) is 15.7. The van der Waals surface area contributed by atoms with Gasteiger partial charge in [0.05, 0.1) is 0 Å². The molecule has 4 nitrogen and oxygen atoms in total. The Kier molecular flexibility index (Phi) is 5.92. The summed E-state index contributed by atoms with van der Waals surface area (Å²) in [5.74, 6) is 2.27. The number of rotatable bonds is 8. The van der Waals surface area contributed by atoms with Crippen molar-refractivity contribution in [3.05, 3.63) is 35.4 Å². The number of phenolic OH excluding ortho intramolecular Hbond substituents is 2. The lowest BCUT2D eigenvalue weighted by Gasteiger charge is -2.26. The number of hydrogen-bond acceptors (Lipinski definition) is 4. The van der Waals surface area contributed by atoms with Crippen molar-refractivity contribution in [2.75, 3.05) is 0 Å². The van der Waals surface area contributed by atoms with E-state index in [4.69, 9.17) is 9.47 Å². The number of phenols is 2. The molecule has 0 fully saturated rings. The summed E-state index contributed by atoms with van der Waals surface area (Å²) in [5, 5.41) is 21.3. The van der Waals surface area contributed by atoms with Gasteiger partial charge in [0.25, 0.3) is 0 Å². The largest absolute Gasteiger partial charge is 0.504 e. The van der Waals surface area contributed by atoms with Gasteiger partial charge in [0.1, 0.15) is 0 Å². The van der Waals surface area contributed by atoms with Gasteiger partial charge in [-0.15, -0.1) is 0 Å². The third-order valence-electron chi connectivity index (χ3n) is 4.88. The third kappa shape index (κ3) is 3.59. The Morgan fingerprint density at radius 1 is 0.692 bits per heavy atom. The fraction of sp³-hybridized carbons (Fsp3) is 0.455. The lowest BCUT2D eigenvalue weighted by molar-refractivity contribution is 0.334. The van der Waals surface area contributed by atoms with Crippen LogP contribution < -0.4 is 9.47 Å². The molecule has 2 N–H and O–H groups in total. The summed E-state index contributed by atoms with van der Waals surface area (Å²) >= 11 is 0. The second kappa shape index (κ2) is 8.35. The van der Waals surface area contributed by atoms with Crippen LogP contribution >= 0.6 is 0 Å². The number of aromatic hydroxyl groups is 2. The van der Waals surface area contributed by atoms with Crippen molar-refractivity contribution in [2.24, 2.45) is 0 Å². The first-order valence-corrected chi connectivity index (χ1v) is 9.71. The summed E-state index contributed by atoms with van der Waals surface area (Å²) < 4.78 is 12.3. The average molecular weight is 356 g/mol. The predicted molar refractivity (Wildman–Crippen MR) is 103 cm³/mol. The number of unbranched alkanes of at least 4 members (excludes halogenated alkanes) is 4. The molecule has 0 amide bonds. The highest BCUT2D eigenvalue weighted by molar-refractivity contribution is 5.69. The van der Waals surface area contributed by atoms with Crippen molar-refractivity contribution in [1.82, 2.24) is 0 Å². The lowest BCUT2D eigenvalue weighted by Crippen LogP contribution is -2.06. The number of fused-ring (bicyclic) bond motifs is 2. The maximum absolute atomic E-state index is 10.7. The molecule has 0 aliphatic carbocycles. The summed E-state index contributed by atoms with van der Waals surface area (Å²) in [6.45, 7) is 4.28. The Morgan fingerprint density at radius 3 is 1.50 bits per heavy atom. The van der Waals surface area contributed by atoms with Crippen LogP contribution in [0.1, 0.15) is 63.5 Å². The van der Waals surface area contributed by atoms with E-state index in [-0.39, 0.29) is 11.5 Å². The molecule has 0 bridgehead atoms. The molecule has 1 aliphatic rings. The molecule has 3 rings (SSSR count). The lowest BCUT2D eigenvalue weighted by atomic mass is 9.96. The minimum absolute atomic E-state index is 0.0608. The molecule has 0 saturated carbocycles. The molecule has 1 heterocycles. The van der Waals surface area contributed by atoms with Crippen molar-refractivity contribution in [3.63, 3.8) is 0 Å². The van der Waals surface area contributed by atoms with E-state index in [2.05, 4.69) is 13.8 Å². The van der Waals surface area contributed by atoms with Gasteiger partial charge in [-0.25, -0.2) is 0 Å². The van der Waals surface area contributed by atoms with E-state index < -0.39 is 0 Å². The summed E-state index contributed by atoms with van der Waals surface area (Å²) in [6, 6.07) is 7.50. The maximum atomic E-state index is 10.7. The van der Waals surface area contributed by atoms with Gasteiger partial charge in [0.15, 0.2) is 34.5 Å². The molecule has 0 radical (unpaired) electrons. The van der Waals surface area contributed by atoms with Crippen LogP contribution in [-0.4, -0.2) is 10.2 Å². The van der Waals surface area contributed by atoms with Crippen LogP contribution in [0.4, 0.5) is 0 Å². The number of benzene rings is 2. The minimum Gasteiger partial charge on any atom is -0.504 e. The molecule has 0 atom stereocenters. The maximum Gasteiger partial charge on any atom is 0.177 e. The van der Waals surface area contributed by atoms with Crippen LogP contribution in [0, 0.1) is 0 Å². The van der Waals surface area contributed by atoms with Gasteiger partial charge < -0.3 is 19.7 Å². The van der Waals surface area contributed by atoms with Gasteiger partial charge in [0, 0.05) is 11.1 Å². The Bertz CT molecular complexity index is 703. The number of hydrogen-bond donors (Lipinski definition) is 2. The molecule has 2 aromatic rings. The van der Waals surface area contributed by atoms with Crippen LogP contribution in [0.15, 0.2) is 24.3 Å². The van der Waals surface area contributed by atoms with E-state index in [1.54, 1.807) is 0 Å². The van der Waals surface area contributed by atoms with Crippen LogP contribution in [0.3, 0.4) is 0 Å².